The van der Waals surface area contributed by atoms with E-state index in [4.69, 9.17) is 4.98 Å². The first-order valence-electron chi connectivity index (χ1n) is 14.8. The van der Waals surface area contributed by atoms with Crippen molar-refractivity contribution < 1.29 is 22.9 Å². The summed E-state index contributed by atoms with van der Waals surface area (Å²) in [7, 11) is 0. The number of hydrogen-bond acceptors (Lipinski definition) is 6. The maximum absolute atomic E-state index is 13.9. The van der Waals surface area contributed by atoms with Crippen LogP contribution in [-0.4, -0.2) is 30.4 Å². The molecule has 12 heteroatoms. The number of non-ortho nitro benzene ring substituents is 1. The fourth-order valence-corrected chi connectivity index (χ4v) is 5.94. The monoisotopic (exact) mass is 634 g/mol. The summed E-state index contributed by atoms with van der Waals surface area (Å²) in [6, 6.07) is 23.1. The van der Waals surface area contributed by atoms with E-state index in [9.17, 15) is 28.1 Å². The van der Waals surface area contributed by atoms with Gasteiger partial charge in [-0.2, -0.15) is 13.2 Å². The smallest absolute Gasteiger partial charge is 0.322 e. The molecule has 7 rings (SSSR count). The number of anilines is 1. The molecule has 3 aromatic carbocycles. The standard InChI is InChI=1S/C35H25F3N6O3/c36-35(37,38)24-12-17-30-41-42-31(43(30)20-24)19-22-8-13-25(14-9-22)39-34(45)32-27-5-1-2-7-29(27)40-33-23(4-3-6-28(32)33)18-21-10-15-26(16-11-21)44(46)47/h1-2,5,7-18,20H,3-4,6,19H2,(H,39,45)/b23-18-. The number of alkyl halides is 3. The van der Waals surface area contributed by atoms with E-state index in [1.54, 1.807) is 36.4 Å². The summed E-state index contributed by atoms with van der Waals surface area (Å²) >= 11 is 0. The molecule has 6 aromatic rings. The molecule has 3 aromatic heterocycles. The van der Waals surface area contributed by atoms with Gasteiger partial charge in [0, 0.05) is 35.8 Å². The average molecular weight is 635 g/mol. The maximum Gasteiger partial charge on any atom is 0.417 e. The number of nitrogens with zero attached hydrogens (tertiary/aromatic N) is 5. The van der Waals surface area contributed by atoms with Crippen molar-refractivity contribution in [2.45, 2.75) is 31.9 Å². The van der Waals surface area contributed by atoms with E-state index < -0.39 is 16.7 Å². The van der Waals surface area contributed by atoms with Crippen LogP contribution >= 0.6 is 0 Å². The van der Waals surface area contributed by atoms with Gasteiger partial charge in [-0.3, -0.25) is 19.3 Å². The molecule has 0 atom stereocenters. The van der Waals surface area contributed by atoms with Crippen LogP contribution in [0.4, 0.5) is 24.5 Å². The van der Waals surface area contributed by atoms with E-state index in [-0.39, 0.29) is 18.0 Å². The normalized spacial score (nSPS) is 14.0. The summed E-state index contributed by atoms with van der Waals surface area (Å²) in [6.07, 6.45) is 0.926. The highest BCUT2D eigenvalue weighted by molar-refractivity contribution is 6.14. The summed E-state index contributed by atoms with van der Waals surface area (Å²) in [4.78, 5) is 29.5. The van der Waals surface area contributed by atoms with E-state index >= 15 is 0 Å². The Labute approximate surface area is 265 Å². The molecule has 9 nitrogen and oxygen atoms in total. The second-order valence-corrected chi connectivity index (χ2v) is 11.3. The van der Waals surface area contributed by atoms with E-state index in [0.717, 1.165) is 58.4 Å². The van der Waals surface area contributed by atoms with E-state index in [2.05, 4.69) is 15.5 Å². The lowest BCUT2D eigenvalue weighted by molar-refractivity contribution is -0.384. The van der Waals surface area contributed by atoms with Gasteiger partial charge in [0.15, 0.2) is 5.65 Å². The minimum absolute atomic E-state index is 0.0128. The van der Waals surface area contributed by atoms with Crippen LogP contribution in [0.5, 0.6) is 0 Å². The number of nitro benzene ring substituents is 1. The Morgan fingerprint density at radius 3 is 2.47 bits per heavy atom. The number of benzene rings is 3. The number of allylic oxidation sites excluding steroid dienone is 1. The number of nitro groups is 1. The molecule has 0 radical (unpaired) electrons. The van der Waals surface area contributed by atoms with Crippen LogP contribution < -0.4 is 5.32 Å². The molecule has 1 amide bonds. The first-order chi connectivity index (χ1) is 22.6. The Morgan fingerprint density at radius 1 is 0.957 bits per heavy atom. The summed E-state index contributed by atoms with van der Waals surface area (Å²) in [5, 5.41) is 22.9. The Balaban J connectivity index is 1.17. The van der Waals surface area contributed by atoms with Crippen LogP contribution in [0.2, 0.25) is 0 Å². The molecule has 0 unspecified atom stereocenters. The Kier molecular flexibility index (Phi) is 7.47. The zero-order valence-electron chi connectivity index (χ0n) is 24.7. The van der Waals surface area contributed by atoms with E-state index in [0.29, 0.717) is 34.7 Å². The number of para-hydroxylation sites is 1. The van der Waals surface area contributed by atoms with Crippen LogP contribution in [0.1, 0.15) is 57.0 Å². The molecule has 0 saturated carbocycles. The molecule has 1 aliphatic carbocycles. The van der Waals surface area contributed by atoms with Crippen molar-refractivity contribution >= 4 is 45.5 Å². The fourth-order valence-electron chi connectivity index (χ4n) is 5.94. The number of aromatic nitrogens is 4. The van der Waals surface area contributed by atoms with Crippen LogP contribution in [0.3, 0.4) is 0 Å². The number of hydrogen-bond donors (Lipinski definition) is 1. The number of carbonyl (C=O) groups excluding carboxylic acids is 1. The van der Waals surface area contributed by atoms with Crippen molar-refractivity contribution in [2.24, 2.45) is 0 Å². The Hall–Kier alpha value is -5.91. The van der Waals surface area contributed by atoms with Gasteiger partial charge in [0.25, 0.3) is 11.6 Å². The summed E-state index contributed by atoms with van der Waals surface area (Å²) in [5.41, 5.74) is 5.43. The molecule has 47 heavy (non-hydrogen) atoms. The highest BCUT2D eigenvalue weighted by Gasteiger charge is 2.31. The fraction of sp³-hybridized carbons (Fsp3) is 0.143. The number of rotatable bonds is 6. The summed E-state index contributed by atoms with van der Waals surface area (Å²) < 4.78 is 41.1. The van der Waals surface area contributed by atoms with E-state index in [1.165, 1.54) is 22.6 Å². The predicted molar refractivity (Wildman–Crippen MR) is 171 cm³/mol. The first-order valence-corrected chi connectivity index (χ1v) is 14.8. The molecule has 0 spiro atoms. The van der Waals surface area contributed by atoms with Gasteiger partial charge in [0.2, 0.25) is 0 Å². The molecule has 0 saturated heterocycles. The molecule has 0 aliphatic heterocycles. The molecule has 1 N–H and O–H groups in total. The van der Waals surface area contributed by atoms with Crippen LogP contribution in [-0.2, 0) is 19.0 Å². The Morgan fingerprint density at radius 2 is 1.72 bits per heavy atom. The van der Waals surface area contributed by atoms with Crippen molar-refractivity contribution in [3.63, 3.8) is 0 Å². The molecule has 1 aliphatic rings. The van der Waals surface area contributed by atoms with Gasteiger partial charge in [0.05, 0.1) is 27.3 Å². The third-order valence-corrected chi connectivity index (χ3v) is 8.22. The largest absolute Gasteiger partial charge is 0.417 e. The van der Waals surface area contributed by atoms with Crippen LogP contribution in [0.15, 0.2) is 91.1 Å². The van der Waals surface area contributed by atoms with Crippen molar-refractivity contribution in [1.82, 2.24) is 19.6 Å². The molecule has 0 fully saturated rings. The zero-order chi connectivity index (χ0) is 32.7. The second kappa shape index (κ2) is 11.8. The van der Waals surface area contributed by atoms with Gasteiger partial charge in [-0.25, -0.2) is 4.98 Å². The lowest BCUT2D eigenvalue weighted by Gasteiger charge is -2.23. The van der Waals surface area contributed by atoms with Gasteiger partial charge in [-0.15, -0.1) is 10.2 Å². The minimum Gasteiger partial charge on any atom is -0.322 e. The number of halogens is 3. The zero-order valence-corrected chi connectivity index (χ0v) is 24.7. The number of nitrogens with one attached hydrogen (secondary N) is 1. The van der Waals surface area contributed by atoms with Gasteiger partial charge in [-0.05, 0) is 90.1 Å². The topological polar surface area (TPSA) is 115 Å². The SMILES string of the molecule is O=C(Nc1ccc(Cc2nnc3ccc(C(F)(F)F)cn23)cc1)c1c2c(nc3ccccc13)/C(=C\c1ccc([N+](=O)[O-])cc1)CCC2. The molecule has 3 heterocycles. The number of pyridine rings is 2. The van der Waals surface area contributed by atoms with Gasteiger partial charge in [0.1, 0.15) is 5.82 Å². The third kappa shape index (κ3) is 5.92. The molecular weight excluding hydrogens is 609 g/mol. The highest BCUT2D eigenvalue weighted by atomic mass is 19.4. The number of amides is 1. The average Bonchev–Trinajstić information content (AvgIpc) is 3.46. The maximum atomic E-state index is 13.9. The van der Waals surface area contributed by atoms with E-state index in [1.807, 2.05) is 30.3 Å². The lowest BCUT2D eigenvalue weighted by atomic mass is 9.85. The van der Waals surface area contributed by atoms with Crippen LogP contribution in [0, 0.1) is 10.1 Å². The summed E-state index contributed by atoms with van der Waals surface area (Å²) in [5.74, 6) is 0.0719. The first kappa shape index (κ1) is 29.8. The summed E-state index contributed by atoms with van der Waals surface area (Å²) in [6.45, 7) is 0. The van der Waals surface area contributed by atoms with Crippen LogP contribution in [0.25, 0.3) is 28.2 Å². The third-order valence-electron chi connectivity index (χ3n) is 8.22. The second-order valence-electron chi connectivity index (χ2n) is 11.3. The number of fused-ring (bicyclic) bond motifs is 3. The number of carbonyl (C=O) groups is 1. The molecule has 234 valence electrons. The van der Waals surface area contributed by atoms with Gasteiger partial charge < -0.3 is 5.32 Å². The molecule has 0 bridgehead atoms. The van der Waals surface area contributed by atoms with Crippen molar-refractivity contribution in [3.05, 3.63) is 141 Å². The quantitative estimate of drug-likeness (QED) is 0.147. The van der Waals surface area contributed by atoms with Gasteiger partial charge >= 0.3 is 6.18 Å². The van der Waals surface area contributed by atoms with Crippen molar-refractivity contribution in [1.29, 1.82) is 0 Å². The lowest BCUT2D eigenvalue weighted by Crippen LogP contribution is -2.19. The highest BCUT2D eigenvalue weighted by Crippen LogP contribution is 2.37. The Bertz CT molecular complexity index is 2210. The molecular formula is C35H25F3N6O3. The van der Waals surface area contributed by atoms with Crippen molar-refractivity contribution in [2.75, 3.05) is 5.32 Å². The van der Waals surface area contributed by atoms with Gasteiger partial charge in [-0.1, -0.05) is 30.3 Å². The predicted octanol–water partition coefficient (Wildman–Crippen LogP) is 7.92. The minimum atomic E-state index is -4.49. The van der Waals surface area contributed by atoms with Crippen molar-refractivity contribution in [3.8, 4) is 0 Å².